The number of amides is 1. The maximum Gasteiger partial charge on any atom is 0.225 e. The molecule has 1 aliphatic heterocycles. The Labute approximate surface area is 144 Å². The number of likely N-dealkylation sites (tertiary alicyclic amines) is 1. The van der Waals surface area contributed by atoms with Crippen molar-refractivity contribution in [1.82, 2.24) is 4.90 Å². The Morgan fingerprint density at radius 2 is 1.96 bits per heavy atom. The van der Waals surface area contributed by atoms with Gasteiger partial charge in [0.2, 0.25) is 5.91 Å². The number of benzene rings is 1. The predicted octanol–water partition coefficient (Wildman–Crippen LogP) is -0.232. The third-order valence-corrected chi connectivity index (χ3v) is 4.21. The van der Waals surface area contributed by atoms with Gasteiger partial charge in [-0.25, -0.2) is 0 Å². The van der Waals surface area contributed by atoms with Gasteiger partial charge >= 0.3 is 0 Å². The molecule has 1 aromatic carbocycles. The van der Waals surface area contributed by atoms with Gasteiger partial charge < -0.3 is 32.1 Å². The monoisotopic (exact) mass is 341 g/mol. The second-order valence-electron chi connectivity index (χ2n) is 5.89. The van der Waals surface area contributed by atoms with Gasteiger partial charge in [0.25, 0.3) is 0 Å². The van der Waals surface area contributed by atoms with Crippen LogP contribution in [-0.4, -0.2) is 44.7 Å². The minimum absolute atomic E-state index is 0. The Balaban J connectivity index is 0.00000264. The van der Waals surface area contributed by atoms with Crippen molar-refractivity contribution in [1.29, 1.82) is 0 Å². The van der Waals surface area contributed by atoms with Crippen LogP contribution in [0.3, 0.4) is 0 Å². The van der Waals surface area contributed by atoms with Gasteiger partial charge in [-0.2, -0.15) is 0 Å². The average Bonchev–Trinajstić information content (AvgIpc) is 2.54. The van der Waals surface area contributed by atoms with Crippen LogP contribution in [-0.2, 0) is 4.79 Å². The molecule has 0 spiro atoms. The molecule has 1 aliphatic rings. The minimum Gasteiger partial charge on any atom is -1.00 e. The number of carbonyl (C=O) groups excluding carboxylic acids is 1. The molecule has 0 aliphatic carbocycles. The highest BCUT2D eigenvalue weighted by atomic mass is 35.5. The zero-order chi connectivity index (χ0) is 15.9. The fourth-order valence-electron chi connectivity index (χ4n) is 2.67. The quantitative estimate of drug-likeness (QED) is 0.776. The standard InChI is InChI=1S/C17H26N2O3.ClH/c1-13-6-9-19(10-7-13)11-8-17(20)18-15-12-14(21-2)4-5-16(15)22-3;/h4-5,12-13H,6-11H2,1-3H3,(H,18,20);1H/p-1. The Hall–Kier alpha value is -1.46. The average molecular weight is 342 g/mol. The normalized spacial score (nSPS) is 15.6. The molecule has 2 rings (SSSR count). The predicted molar refractivity (Wildman–Crippen MR) is 87.6 cm³/mol. The number of methoxy groups -OCH3 is 2. The van der Waals surface area contributed by atoms with Gasteiger partial charge in [-0.3, -0.25) is 4.79 Å². The van der Waals surface area contributed by atoms with Crippen LogP contribution in [0.4, 0.5) is 5.69 Å². The molecule has 1 amide bonds. The molecular formula is C17H26ClN2O3-. The molecule has 0 saturated carbocycles. The SMILES string of the molecule is COc1ccc(OC)c(NC(=O)CCN2CCC(C)CC2)c1.[Cl-]. The molecular weight excluding hydrogens is 316 g/mol. The number of halogens is 1. The first-order chi connectivity index (χ1) is 10.6. The van der Waals surface area contributed by atoms with Crippen LogP contribution in [0, 0.1) is 5.92 Å². The molecule has 23 heavy (non-hydrogen) atoms. The summed E-state index contributed by atoms with van der Waals surface area (Å²) in [6, 6.07) is 5.38. The third-order valence-electron chi connectivity index (χ3n) is 4.21. The van der Waals surface area contributed by atoms with Gasteiger partial charge in [0.05, 0.1) is 19.9 Å². The van der Waals surface area contributed by atoms with Crippen LogP contribution >= 0.6 is 0 Å². The van der Waals surface area contributed by atoms with E-state index in [2.05, 4.69) is 17.1 Å². The van der Waals surface area contributed by atoms with Crippen molar-refractivity contribution < 1.29 is 26.7 Å². The van der Waals surface area contributed by atoms with E-state index in [0.29, 0.717) is 23.6 Å². The van der Waals surface area contributed by atoms with E-state index in [1.54, 1.807) is 26.4 Å². The van der Waals surface area contributed by atoms with E-state index in [0.717, 1.165) is 25.6 Å². The minimum atomic E-state index is 0. The molecule has 6 heteroatoms. The van der Waals surface area contributed by atoms with Crippen LogP contribution < -0.4 is 27.2 Å². The topological polar surface area (TPSA) is 50.8 Å². The number of nitrogens with one attached hydrogen (secondary N) is 1. The number of anilines is 1. The van der Waals surface area contributed by atoms with Gasteiger partial charge in [0, 0.05) is 19.0 Å². The maximum atomic E-state index is 12.2. The smallest absolute Gasteiger partial charge is 0.225 e. The molecule has 1 heterocycles. The van der Waals surface area contributed by atoms with Crippen molar-refractivity contribution in [2.45, 2.75) is 26.2 Å². The maximum absolute atomic E-state index is 12.2. The van der Waals surface area contributed by atoms with Crippen molar-refractivity contribution in [3.8, 4) is 11.5 Å². The van der Waals surface area contributed by atoms with Crippen LogP contribution in [0.15, 0.2) is 18.2 Å². The van der Waals surface area contributed by atoms with E-state index in [4.69, 9.17) is 9.47 Å². The third kappa shape index (κ3) is 5.92. The van der Waals surface area contributed by atoms with Crippen molar-refractivity contribution >= 4 is 11.6 Å². The molecule has 0 atom stereocenters. The Morgan fingerprint density at radius 3 is 2.57 bits per heavy atom. The molecule has 1 N–H and O–H groups in total. The molecule has 0 aromatic heterocycles. The number of hydrogen-bond acceptors (Lipinski definition) is 4. The van der Waals surface area contributed by atoms with Gasteiger partial charge in [-0.05, 0) is 44.0 Å². The number of nitrogens with zero attached hydrogens (tertiary/aromatic N) is 1. The molecule has 0 radical (unpaired) electrons. The number of rotatable bonds is 6. The van der Waals surface area contributed by atoms with Gasteiger partial charge in [0.15, 0.2) is 0 Å². The van der Waals surface area contributed by atoms with Gasteiger partial charge in [-0.15, -0.1) is 0 Å². The summed E-state index contributed by atoms with van der Waals surface area (Å²) < 4.78 is 10.5. The number of piperidine rings is 1. The summed E-state index contributed by atoms with van der Waals surface area (Å²) in [5.41, 5.74) is 0.652. The summed E-state index contributed by atoms with van der Waals surface area (Å²) >= 11 is 0. The molecule has 1 fully saturated rings. The summed E-state index contributed by atoms with van der Waals surface area (Å²) in [7, 11) is 3.19. The second-order valence-corrected chi connectivity index (χ2v) is 5.89. The fraction of sp³-hybridized carbons (Fsp3) is 0.588. The molecule has 130 valence electrons. The first-order valence-corrected chi connectivity index (χ1v) is 7.86. The molecule has 0 bridgehead atoms. The van der Waals surface area contributed by atoms with Crippen LogP contribution in [0.1, 0.15) is 26.2 Å². The van der Waals surface area contributed by atoms with E-state index >= 15 is 0 Å². The zero-order valence-corrected chi connectivity index (χ0v) is 14.9. The van der Waals surface area contributed by atoms with Crippen molar-refractivity contribution in [2.75, 3.05) is 39.2 Å². The molecule has 1 aromatic rings. The lowest BCUT2D eigenvalue weighted by Gasteiger charge is -2.29. The van der Waals surface area contributed by atoms with Crippen LogP contribution in [0.2, 0.25) is 0 Å². The lowest BCUT2D eigenvalue weighted by atomic mass is 9.99. The van der Waals surface area contributed by atoms with E-state index in [1.807, 2.05) is 6.07 Å². The van der Waals surface area contributed by atoms with Gasteiger partial charge in [-0.1, -0.05) is 6.92 Å². The van der Waals surface area contributed by atoms with Crippen molar-refractivity contribution in [3.05, 3.63) is 18.2 Å². The lowest BCUT2D eigenvalue weighted by Crippen LogP contribution is -3.00. The summed E-state index contributed by atoms with van der Waals surface area (Å²) in [6.07, 6.45) is 2.95. The van der Waals surface area contributed by atoms with E-state index in [-0.39, 0.29) is 18.3 Å². The fourth-order valence-corrected chi connectivity index (χ4v) is 2.67. The highest BCUT2D eigenvalue weighted by Crippen LogP contribution is 2.29. The number of ether oxygens (including phenoxy) is 2. The Kier molecular flexibility index (Phi) is 8.20. The van der Waals surface area contributed by atoms with Crippen molar-refractivity contribution in [3.63, 3.8) is 0 Å². The van der Waals surface area contributed by atoms with Crippen LogP contribution in [0.5, 0.6) is 11.5 Å². The summed E-state index contributed by atoms with van der Waals surface area (Å²) in [5, 5.41) is 2.91. The zero-order valence-electron chi connectivity index (χ0n) is 14.1. The summed E-state index contributed by atoms with van der Waals surface area (Å²) in [6.45, 7) is 5.29. The van der Waals surface area contributed by atoms with E-state index in [1.165, 1.54) is 12.8 Å². The van der Waals surface area contributed by atoms with E-state index in [9.17, 15) is 4.79 Å². The molecule has 0 unspecified atom stereocenters. The van der Waals surface area contributed by atoms with Crippen molar-refractivity contribution in [2.24, 2.45) is 5.92 Å². The molecule has 5 nitrogen and oxygen atoms in total. The lowest BCUT2D eigenvalue weighted by molar-refractivity contribution is -0.116. The molecule has 1 saturated heterocycles. The first kappa shape index (κ1) is 19.6. The largest absolute Gasteiger partial charge is 1.00 e. The second kappa shape index (κ2) is 9.63. The first-order valence-electron chi connectivity index (χ1n) is 7.86. The van der Waals surface area contributed by atoms with Gasteiger partial charge in [0.1, 0.15) is 11.5 Å². The number of carbonyl (C=O) groups is 1. The number of hydrogen-bond donors (Lipinski definition) is 1. The summed E-state index contributed by atoms with van der Waals surface area (Å²) in [4.78, 5) is 14.5. The highest BCUT2D eigenvalue weighted by Gasteiger charge is 2.16. The van der Waals surface area contributed by atoms with Crippen LogP contribution in [0.25, 0.3) is 0 Å². The van der Waals surface area contributed by atoms with E-state index < -0.39 is 0 Å². The highest BCUT2D eigenvalue weighted by molar-refractivity contribution is 5.92. The Morgan fingerprint density at radius 1 is 1.26 bits per heavy atom. The summed E-state index contributed by atoms with van der Waals surface area (Å²) in [5.74, 6) is 2.15. The Bertz CT molecular complexity index is 503.